The van der Waals surface area contributed by atoms with Crippen LogP contribution in [0.1, 0.15) is 11.3 Å². The SMILES string of the molecule is OC1(C(F)(F)F)CCN(c2ncc(C(F)(F)F)s2)C1. The van der Waals surface area contributed by atoms with Crippen LogP contribution in [0.4, 0.5) is 31.5 Å². The highest BCUT2D eigenvalue weighted by atomic mass is 32.1. The van der Waals surface area contributed by atoms with Gasteiger partial charge in [0, 0.05) is 13.0 Å². The average Bonchev–Trinajstić information content (AvgIpc) is 2.81. The minimum Gasteiger partial charge on any atom is -0.379 e. The molecule has 1 saturated heterocycles. The molecule has 1 aromatic heterocycles. The van der Waals surface area contributed by atoms with Crippen LogP contribution in [0.2, 0.25) is 0 Å². The van der Waals surface area contributed by atoms with Gasteiger partial charge in [-0.3, -0.25) is 0 Å². The number of hydrogen-bond donors (Lipinski definition) is 1. The summed E-state index contributed by atoms with van der Waals surface area (Å²) in [5, 5.41) is 9.24. The molecule has 2 rings (SSSR count). The second kappa shape index (κ2) is 4.23. The van der Waals surface area contributed by atoms with E-state index < -0.39 is 35.8 Å². The zero-order chi connectivity index (χ0) is 14.5. The Kier molecular flexibility index (Phi) is 3.21. The molecule has 3 nitrogen and oxygen atoms in total. The molecule has 1 atom stereocenters. The average molecular weight is 306 g/mol. The molecule has 108 valence electrons. The number of thiazole rings is 1. The van der Waals surface area contributed by atoms with E-state index >= 15 is 0 Å². The number of alkyl halides is 6. The molecule has 1 aliphatic heterocycles. The van der Waals surface area contributed by atoms with Gasteiger partial charge in [-0.05, 0) is 0 Å². The van der Waals surface area contributed by atoms with E-state index in [0.717, 1.165) is 4.90 Å². The monoisotopic (exact) mass is 306 g/mol. The predicted molar refractivity (Wildman–Crippen MR) is 55.0 cm³/mol. The first-order chi connectivity index (χ1) is 8.53. The van der Waals surface area contributed by atoms with Crippen molar-refractivity contribution in [1.29, 1.82) is 0 Å². The Labute approximate surface area is 107 Å². The van der Waals surface area contributed by atoms with Crippen molar-refractivity contribution in [3.05, 3.63) is 11.1 Å². The predicted octanol–water partition coefficient (Wildman–Crippen LogP) is 2.67. The molecule has 1 N–H and O–H groups in total. The Bertz CT molecular complexity index is 470. The number of hydrogen-bond acceptors (Lipinski definition) is 4. The summed E-state index contributed by atoms with van der Waals surface area (Å²) in [7, 11) is 0. The van der Waals surface area contributed by atoms with Crippen LogP contribution in [0.5, 0.6) is 0 Å². The lowest BCUT2D eigenvalue weighted by Crippen LogP contribution is -2.47. The van der Waals surface area contributed by atoms with Gasteiger partial charge in [-0.2, -0.15) is 26.3 Å². The van der Waals surface area contributed by atoms with E-state index in [0.29, 0.717) is 6.20 Å². The molecule has 0 amide bonds. The summed E-state index contributed by atoms with van der Waals surface area (Å²) in [6.45, 7) is -0.998. The highest BCUT2D eigenvalue weighted by molar-refractivity contribution is 7.15. The number of aromatic nitrogens is 1. The standard InChI is InChI=1S/C9H8F6N2OS/c10-8(11,12)5-3-16-6(19-5)17-2-1-7(18,4-17)9(13,14)15/h3,18H,1-2,4H2. The Hall–Kier alpha value is -1.03. The van der Waals surface area contributed by atoms with Crippen LogP contribution < -0.4 is 4.90 Å². The first-order valence-corrected chi connectivity index (χ1v) is 5.92. The third kappa shape index (κ3) is 2.64. The summed E-state index contributed by atoms with van der Waals surface area (Å²) in [5.74, 6) is 0. The fourth-order valence-electron chi connectivity index (χ4n) is 1.73. The smallest absolute Gasteiger partial charge is 0.379 e. The molecular weight excluding hydrogens is 298 g/mol. The van der Waals surface area contributed by atoms with Gasteiger partial charge >= 0.3 is 12.4 Å². The van der Waals surface area contributed by atoms with Gasteiger partial charge in [0.2, 0.25) is 0 Å². The number of halogens is 6. The van der Waals surface area contributed by atoms with Crippen LogP contribution in [0.3, 0.4) is 0 Å². The first-order valence-electron chi connectivity index (χ1n) is 5.10. The summed E-state index contributed by atoms with van der Waals surface area (Å²) < 4.78 is 74.7. The van der Waals surface area contributed by atoms with E-state index in [1.54, 1.807) is 0 Å². The molecule has 19 heavy (non-hydrogen) atoms. The van der Waals surface area contributed by atoms with Gasteiger partial charge in [-0.25, -0.2) is 4.98 Å². The molecule has 0 aromatic carbocycles. The maximum absolute atomic E-state index is 12.6. The minimum absolute atomic E-state index is 0.174. The lowest BCUT2D eigenvalue weighted by molar-refractivity contribution is -0.250. The first kappa shape index (κ1) is 14.4. The van der Waals surface area contributed by atoms with Crippen LogP contribution in [-0.4, -0.2) is 35.0 Å². The topological polar surface area (TPSA) is 36.4 Å². The normalized spacial score (nSPS) is 25.1. The van der Waals surface area contributed by atoms with E-state index in [2.05, 4.69) is 4.98 Å². The molecule has 0 saturated carbocycles. The Morgan fingerprint density at radius 1 is 1.26 bits per heavy atom. The lowest BCUT2D eigenvalue weighted by Gasteiger charge is -2.25. The van der Waals surface area contributed by atoms with Crippen molar-refractivity contribution < 1.29 is 31.4 Å². The summed E-state index contributed by atoms with van der Waals surface area (Å²) in [6, 6.07) is 0. The maximum Gasteiger partial charge on any atom is 0.427 e. The molecule has 0 spiro atoms. The highest BCUT2D eigenvalue weighted by Crippen LogP contribution is 2.42. The Morgan fingerprint density at radius 3 is 2.32 bits per heavy atom. The van der Waals surface area contributed by atoms with Gasteiger partial charge in [0.05, 0.1) is 12.7 Å². The van der Waals surface area contributed by atoms with E-state index in [1.165, 1.54) is 0 Å². The van der Waals surface area contributed by atoms with Gasteiger partial charge in [-0.15, -0.1) is 0 Å². The van der Waals surface area contributed by atoms with E-state index in [4.69, 9.17) is 0 Å². The molecule has 1 fully saturated rings. The summed E-state index contributed by atoms with van der Waals surface area (Å²) in [6.07, 6.45) is -9.40. The summed E-state index contributed by atoms with van der Waals surface area (Å²) >= 11 is 0.260. The minimum atomic E-state index is -4.81. The van der Waals surface area contributed by atoms with E-state index in [9.17, 15) is 31.4 Å². The number of rotatable bonds is 1. The van der Waals surface area contributed by atoms with Crippen LogP contribution in [-0.2, 0) is 6.18 Å². The highest BCUT2D eigenvalue weighted by Gasteiger charge is 2.57. The third-order valence-electron chi connectivity index (χ3n) is 2.82. The summed E-state index contributed by atoms with van der Waals surface area (Å²) in [4.78, 5) is 3.48. The van der Waals surface area contributed by atoms with Crippen molar-refractivity contribution in [2.24, 2.45) is 0 Å². The molecule has 1 unspecified atom stereocenters. The van der Waals surface area contributed by atoms with Crippen molar-refractivity contribution in [1.82, 2.24) is 4.98 Å². The zero-order valence-corrected chi connectivity index (χ0v) is 10.0. The van der Waals surface area contributed by atoms with E-state index in [1.807, 2.05) is 0 Å². The van der Waals surface area contributed by atoms with Gasteiger partial charge in [0.15, 0.2) is 10.7 Å². The lowest BCUT2D eigenvalue weighted by atomic mass is 10.0. The van der Waals surface area contributed by atoms with Gasteiger partial charge in [-0.1, -0.05) is 11.3 Å². The van der Waals surface area contributed by atoms with Crippen molar-refractivity contribution in [3.8, 4) is 0 Å². The molecular formula is C9H8F6N2OS. The van der Waals surface area contributed by atoms with Gasteiger partial charge in [0.25, 0.3) is 0 Å². The number of anilines is 1. The third-order valence-corrected chi connectivity index (χ3v) is 3.92. The second-order valence-corrected chi connectivity index (χ2v) is 5.21. The maximum atomic E-state index is 12.6. The quantitative estimate of drug-likeness (QED) is 0.810. The van der Waals surface area contributed by atoms with Crippen LogP contribution in [0.25, 0.3) is 0 Å². The number of β-amino-alcohol motifs (C(OH)–C–C–N with tert-alkyl or cyclic N) is 1. The van der Waals surface area contributed by atoms with Crippen molar-refractivity contribution >= 4 is 16.5 Å². The molecule has 0 bridgehead atoms. The molecule has 2 heterocycles. The Balaban J connectivity index is 2.16. The number of nitrogens with zero attached hydrogens (tertiary/aromatic N) is 2. The zero-order valence-electron chi connectivity index (χ0n) is 9.22. The molecule has 10 heteroatoms. The number of aliphatic hydroxyl groups is 1. The van der Waals surface area contributed by atoms with Crippen molar-refractivity contribution in [2.45, 2.75) is 24.4 Å². The molecule has 1 aliphatic rings. The van der Waals surface area contributed by atoms with E-state index in [-0.39, 0.29) is 23.0 Å². The van der Waals surface area contributed by atoms with Crippen LogP contribution in [0.15, 0.2) is 6.20 Å². The fourth-order valence-corrected chi connectivity index (χ4v) is 2.54. The summed E-state index contributed by atoms with van der Waals surface area (Å²) in [5.41, 5.74) is -2.89. The van der Waals surface area contributed by atoms with Gasteiger partial charge in [0.1, 0.15) is 4.88 Å². The molecule has 0 radical (unpaired) electrons. The van der Waals surface area contributed by atoms with Crippen LogP contribution >= 0.6 is 11.3 Å². The van der Waals surface area contributed by atoms with Crippen molar-refractivity contribution in [2.75, 3.05) is 18.0 Å². The molecule has 0 aliphatic carbocycles. The fraction of sp³-hybridized carbons (Fsp3) is 0.667. The molecule has 1 aromatic rings. The largest absolute Gasteiger partial charge is 0.427 e. The van der Waals surface area contributed by atoms with Gasteiger partial charge < -0.3 is 10.0 Å². The van der Waals surface area contributed by atoms with Crippen molar-refractivity contribution in [3.63, 3.8) is 0 Å². The van der Waals surface area contributed by atoms with Crippen LogP contribution in [0, 0.1) is 0 Å². The Morgan fingerprint density at radius 2 is 1.89 bits per heavy atom. The second-order valence-electron chi connectivity index (χ2n) is 4.21.